The highest BCUT2D eigenvalue weighted by molar-refractivity contribution is 8.16. The Morgan fingerprint density at radius 3 is 2.40 bits per heavy atom. The van der Waals surface area contributed by atoms with Crippen molar-refractivity contribution in [2.45, 2.75) is 25.5 Å². The van der Waals surface area contributed by atoms with E-state index in [1.54, 1.807) is 0 Å². The number of amidine groups is 1. The molecule has 0 saturated carbocycles. The van der Waals surface area contributed by atoms with E-state index in [0.717, 1.165) is 5.71 Å². The van der Waals surface area contributed by atoms with E-state index in [1.807, 2.05) is 6.92 Å². The van der Waals surface area contributed by atoms with E-state index < -0.39 is 0 Å². The highest BCUT2D eigenvalue weighted by Crippen LogP contribution is 2.33. The van der Waals surface area contributed by atoms with Gasteiger partial charge < -0.3 is 5.21 Å². The number of hydrogen-bond donors (Lipinski definition) is 1. The maximum absolute atomic E-state index is 8.38. The fourth-order valence-electron chi connectivity index (χ4n) is 0.646. The van der Waals surface area contributed by atoms with Gasteiger partial charge >= 0.3 is 0 Å². The fraction of sp³-hybridized carbons (Fsp3) is 0.667. The minimum Gasteiger partial charge on any atom is -0.409 e. The Kier molecular flexibility index (Phi) is 1.72. The topological polar surface area (TPSA) is 45.0 Å². The predicted octanol–water partition coefficient (Wildman–Crippen LogP) is 1.72. The summed E-state index contributed by atoms with van der Waals surface area (Å²) in [5, 5.41) is 11.9. The van der Waals surface area contributed by atoms with Crippen LogP contribution in [-0.4, -0.2) is 20.8 Å². The maximum atomic E-state index is 8.38. The molecule has 0 aromatic rings. The second kappa shape index (κ2) is 2.27. The first-order valence-electron chi connectivity index (χ1n) is 3.03. The molecule has 0 saturated heterocycles. The van der Waals surface area contributed by atoms with Gasteiger partial charge in [-0.25, -0.2) is 4.99 Å². The number of aliphatic imine (C=N–C) groups is 1. The van der Waals surface area contributed by atoms with Gasteiger partial charge in [0.05, 0.1) is 4.75 Å². The molecule has 10 heavy (non-hydrogen) atoms. The number of hydrogen-bond acceptors (Lipinski definition) is 3. The van der Waals surface area contributed by atoms with Gasteiger partial charge in [0.2, 0.25) is 5.17 Å². The largest absolute Gasteiger partial charge is 0.409 e. The highest BCUT2D eigenvalue weighted by atomic mass is 32.2. The van der Waals surface area contributed by atoms with Crippen LogP contribution < -0.4 is 0 Å². The lowest BCUT2D eigenvalue weighted by atomic mass is 10.1. The minimum atomic E-state index is 0.00155. The first-order valence-corrected chi connectivity index (χ1v) is 3.85. The van der Waals surface area contributed by atoms with Crippen LogP contribution in [-0.2, 0) is 0 Å². The Bertz CT molecular complexity index is 208. The smallest absolute Gasteiger partial charge is 0.226 e. The molecular formula is C6H10N2OS. The second-order valence-corrected chi connectivity index (χ2v) is 4.28. The van der Waals surface area contributed by atoms with Crippen LogP contribution in [0.3, 0.4) is 0 Å². The van der Waals surface area contributed by atoms with Crippen LogP contribution in [0.5, 0.6) is 0 Å². The van der Waals surface area contributed by atoms with Crippen molar-refractivity contribution in [2.24, 2.45) is 10.1 Å². The van der Waals surface area contributed by atoms with E-state index in [0.29, 0.717) is 5.17 Å². The molecule has 0 bridgehead atoms. The molecule has 0 unspecified atom stereocenters. The summed E-state index contributed by atoms with van der Waals surface area (Å²) in [7, 11) is 0. The number of thioether (sulfide) groups is 1. The van der Waals surface area contributed by atoms with Crippen LogP contribution in [0.25, 0.3) is 0 Å². The van der Waals surface area contributed by atoms with E-state index in [9.17, 15) is 0 Å². The van der Waals surface area contributed by atoms with Crippen LogP contribution in [0, 0.1) is 0 Å². The molecule has 0 aliphatic carbocycles. The summed E-state index contributed by atoms with van der Waals surface area (Å²) in [5.41, 5.74) is 1.00. The lowest BCUT2D eigenvalue weighted by molar-refractivity contribution is 0.320. The van der Waals surface area contributed by atoms with Gasteiger partial charge in [-0.1, -0.05) is 16.9 Å². The van der Waals surface area contributed by atoms with E-state index in [4.69, 9.17) is 5.21 Å². The second-order valence-electron chi connectivity index (χ2n) is 2.69. The minimum absolute atomic E-state index is 0.00155. The maximum Gasteiger partial charge on any atom is 0.226 e. The first-order chi connectivity index (χ1) is 4.56. The Morgan fingerprint density at radius 2 is 2.20 bits per heavy atom. The SMILES string of the molecule is CC1=NC(=NO)SC1(C)C. The summed E-state index contributed by atoms with van der Waals surface area (Å²) in [6, 6.07) is 0. The van der Waals surface area contributed by atoms with E-state index in [2.05, 4.69) is 24.0 Å². The monoisotopic (exact) mass is 158 g/mol. The average Bonchev–Trinajstić information content (AvgIpc) is 2.08. The molecule has 0 aromatic carbocycles. The van der Waals surface area contributed by atoms with Crippen LogP contribution in [0.4, 0.5) is 0 Å². The van der Waals surface area contributed by atoms with Crippen molar-refractivity contribution in [3.63, 3.8) is 0 Å². The normalized spacial score (nSPS) is 27.1. The fourth-order valence-corrected chi connectivity index (χ4v) is 1.52. The van der Waals surface area contributed by atoms with Crippen molar-refractivity contribution >= 4 is 22.6 Å². The molecule has 1 rings (SSSR count). The third-order valence-electron chi connectivity index (χ3n) is 1.57. The van der Waals surface area contributed by atoms with Gasteiger partial charge in [0.15, 0.2) is 0 Å². The summed E-state index contributed by atoms with van der Waals surface area (Å²) in [6.07, 6.45) is 0. The van der Waals surface area contributed by atoms with Crippen molar-refractivity contribution in [3.05, 3.63) is 0 Å². The molecule has 0 atom stereocenters. The average molecular weight is 158 g/mol. The van der Waals surface area contributed by atoms with Crippen LogP contribution in [0.15, 0.2) is 10.1 Å². The van der Waals surface area contributed by atoms with Crippen LogP contribution >= 0.6 is 11.8 Å². The van der Waals surface area contributed by atoms with Gasteiger partial charge in [-0.3, -0.25) is 0 Å². The summed E-state index contributed by atoms with van der Waals surface area (Å²) in [6.45, 7) is 6.04. The zero-order chi connectivity index (χ0) is 7.78. The van der Waals surface area contributed by atoms with E-state index >= 15 is 0 Å². The van der Waals surface area contributed by atoms with Gasteiger partial charge in [-0.2, -0.15) is 0 Å². The van der Waals surface area contributed by atoms with Crippen molar-refractivity contribution < 1.29 is 5.21 Å². The number of rotatable bonds is 0. The number of nitrogens with zero attached hydrogens (tertiary/aromatic N) is 2. The summed E-state index contributed by atoms with van der Waals surface area (Å²) in [4.78, 5) is 4.04. The lowest BCUT2D eigenvalue weighted by Gasteiger charge is -2.14. The van der Waals surface area contributed by atoms with Crippen molar-refractivity contribution in [1.82, 2.24) is 0 Å². The van der Waals surface area contributed by atoms with Crippen molar-refractivity contribution in [3.8, 4) is 0 Å². The lowest BCUT2D eigenvalue weighted by Crippen LogP contribution is -2.20. The molecule has 1 aliphatic heterocycles. The zero-order valence-electron chi connectivity index (χ0n) is 6.25. The predicted molar refractivity (Wildman–Crippen MR) is 44.0 cm³/mol. The summed E-state index contributed by atoms with van der Waals surface area (Å²) < 4.78 is 0.00155. The molecule has 4 heteroatoms. The van der Waals surface area contributed by atoms with Crippen LogP contribution in [0.2, 0.25) is 0 Å². The van der Waals surface area contributed by atoms with Crippen LogP contribution in [0.1, 0.15) is 20.8 Å². The number of oxime groups is 1. The van der Waals surface area contributed by atoms with Gasteiger partial charge in [0, 0.05) is 5.71 Å². The Morgan fingerprint density at radius 1 is 1.60 bits per heavy atom. The van der Waals surface area contributed by atoms with E-state index in [1.165, 1.54) is 11.8 Å². The Hall–Kier alpha value is -0.510. The standard InChI is InChI=1S/C6H10N2OS/c1-4-6(2,3)10-5(7-4)8-9/h9H,1-3H3. The molecule has 3 nitrogen and oxygen atoms in total. The molecule has 0 amide bonds. The highest BCUT2D eigenvalue weighted by Gasteiger charge is 2.31. The molecule has 56 valence electrons. The molecule has 0 fully saturated rings. The van der Waals surface area contributed by atoms with Gasteiger partial charge in [0.25, 0.3) is 0 Å². The van der Waals surface area contributed by atoms with Gasteiger partial charge in [-0.15, -0.1) is 0 Å². The summed E-state index contributed by atoms with van der Waals surface area (Å²) in [5.74, 6) is 0. The van der Waals surface area contributed by atoms with Gasteiger partial charge in [0.1, 0.15) is 0 Å². The molecule has 1 N–H and O–H groups in total. The molecular weight excluding hydrogens is 148 g/mol. The molecule has 1 heterocycles. The summed E-state index contributed by atoms with van der Waals surface area (Å²) >= 11 is 1.47. The molecule has 1 aliphatic rings. The molecule has 0 aromatic heterocycles. The Balaban J connectivity index is 2.89. The third kappa shape index (κ3) is 1.16. The third-order valence-corrected chi connectivity index (χ3v) is 2.73. The molecule has 0 spiro atoms. The van der Waals surface area contributed by atoms with Crippen molar-refractivity contribution in [1.29, 1.82) is 0 Å². The first kappa shape index (κ1) is 7.60. The molecule has 0 radical (unpaired) electrons. The van der Waals surface area contributed by atoms with Gasteiger partial charge in [-0.05, 0) is 20.8 Å². The zero-order valence-corrected chi connectivity index (χ0v) is 7.07. The van der Waals surface area contributed by atoms with E-state index in [-0.39, 0.29) is 4.75 Å². The quantitative estimate of drug-likeness (QED) is 0.431. The Labute approximate surface area is 64.2 Å². The van der Waals surface area contributed by atoms with Crippen molar-refractivity contribution in [2.75, 3.05) is 0 Å².